The Bertz CT molecular complexity index is 239. The van der Waals surface area contributed by atoms with E-state index in [9.17, 15) is 0 Å². The molecular formula is C11H15N. The number of rotatable bonds is 1. The standard InChI is InChI=1S/C11H15N/c1-3-10-8-9-6-4-5-7-11(9)12(10)2/h3-7,9-11H,1,8H2,2H3. The molecule has 12 heavy (non-hydrogen) atoms. The minimum atomic E-state index is 0.562. The highest BCUT2D eigenvalue weighted by Crippen LogP contribution is 2.32. The molecule has 0 aromatic rings. The first-order valence-corrected chi connectivity index (χ1v) is 4.52. The lowest BCUT2D eigenvalue weighted by Crippen LogP contribution is -2.31. The van der Waals surface area contributed by atoms with Crippen LogP contribution in [0.5, 0.6) is 0 Å². The smallest absolute Gasteiger partial charge is 0.0347 e. The van der Waals surface area contributed by atoms with Crippen LogP contribution in [0, 0.1) is 5.92 Å². The van der Waals surface area contributed by atoms with Gasteiger partial charge in [-0.15, -0.1) is 6.58 Å². The topological polar surface area (TPSA) is 3.24 Å². The Balaban J connectivity index is 2.20. The Labute approximate surface area is 74.1 Å². The minimum absolute atomic E-state index is 0.562. The summed E-state index contributed by atoms with van der Waals surface area (Å²) in [4.78, 5) is 2.40. The van der Waals surface area contributed by atoms with E-state index in [2.05, 4.69) is 48.9 Å². The van der Waals surface area contributed by atoms with Crippen LogP contribution in [-0.4, -0.2) is 24.0 Å². The molecule has 1 heterocycles. The maximum Gasteiger partial charge on any atom is 0.0347 e. The summed E-state index contributed by atoms with van der Waals surface area (Å²) in [6.07, 6.45) is 12.2. The molecule has 1 aliphatic heterocycles. The molecule has 2 aliphatic rings. The highest BCUT2D eigenvalue weighted by Gasteiger charge is 2.34. The largest absolute Gasteiger partial charge is 0.293 e. The average molecular weight is 161 g/mol. The zero-order chi connectivity index (χ0) is 8.55. The average Bonchev–Trinajstić information content (AvgIpc) is 2.44. The third kappa shape index (κ3) is 1.05. The number of hydrogen-bond acceptors (Lipinski definition) is 1. The van der Waals surface area contributed by atoms with Gasteiger partial charge in [-0.2, -0.15) is 0 Å². The summed E-state index contributed by atoms with van der Waals surface area (Å²) in [5.74, 6) is 0.711. The van der Waals surface area contributed by atoms with Crippen LogP contribution in [0.4, 0.5) is 0 Å². The molecule has 1 nitrogen and oxygen atoms in total. The van der Waals surface area contributed by atoms with E-state index in [0.717, 1.165) is 0 Å². The Kier molecular flexibility index (Phi) is 1.89. The fourth-order valence-corrected chi connectivity index (χ4v) is 2.23. The fourth-order valence-electron chi connectivity index (χ4n) is 2.23. The molecular weight excluding hydrogens is 146 g/mol. The fraction of sp³-hybridized carbons (Fsp3) is 0.455. The summed E-state index contributed by atoms with van der Waals surface area (Å²) in [5, 5.41) is 0. The van der Waals surface area contributed by atoms with Crippen LogP contribution in [0.15, 0.2) is 37.0 Å². The molecule has 3 atom stereocenters. The van der Waals surface area contributed by atoms with Crippen molar-refractivity contribution in [2.75, 3.05) is 7.05 Å². The molecule has 0 amide bonds. The lowest BCUT2D eigenvalue weighted by molar-refractivity contribution is 0.298. The SMILES string of the molecule is C=CC1CC2C=CC=CC2N1C. The maximum atomic E-state index is 3.86. The highest BCUT2D eigenvalue weighted by atomic mass is 15.2. The molecule has 0 radical (unpaired) electrons. The summed E-state index contributed by atoms with van der Waals surface area (Å²) < 4.78 is 0. The Morgan fingerprint density at radius 2 is 2.17 bits per heavy atom. The summed E-state index contributed by atoms with van der Waals surface area (Å²) >= 11 is 0. The van der Waals surface area contributed by atoms with Gasteiger partial charge in [0.1, 0.15) is 0 Å². The first kappa shape index (κ1) is 7.81. The second-order valence-corrected chi connectivity index (χ2v) is 3.63. The van der Waals surface area contributed by atoms with Gasteiger partial charge in [0.15, 0.2) is 0 Å². The van der Waals surface area contributed by atoms with Gasteiger partial charge in [-0.05, 0) is 19.4 Å². The van der Waals surface area contributed by atoms with E-state index in [1.807, 2.05) is 0 Å². The summed E-state index contributed by atoms with van der Waals surface area (Å²) in [6, 6.07) is 1.17. The predicted octanol–water partition coefficient (Wildman–Crippen LogP) is 1.99. The molecule has 0 spiro atoms. The van der Waals surface area contributed by atoms with E-state index in [0.29, 0.717) is 18.0 Å². The van der Waals surface area contributed by atoms with Crippen LogP contribution in [0.1, 0.15) is 6.42 Å². The molecule has 0 aromatic carbocycles. The first-order valence-electron chi connectivity index (χ1n) is 4.52. The number of likely N-dealkylation sites (N-methyl/N-ethyl adjacent to an activating group) is 1. The molecule has 0 N–H and O–H groups in total. The minimum Gasteiger partial charge on any atom is -0.293 e. The van der Waals surface area contributed by atoms with E-state index in [1.54, 1.807) is 0 Å². The van der Waals surface area contributed by atoms with Gasteiger partial charge in [0, 0.05) is 12.1 Å². The molecule has 3 unspecified atom stereocenters. The molecule has 0 aromatic heterocycles. The Morgan fingerprint density at radius 1 is 1.42 bits per heavy atom. The molecule has 1 heteroatoms. The van der Waals surface area contributed by atoms with Gasteiger partial charge in [0.25, 0.3) is 0 Å². The highest BCUT2D eigenvalue weighted by molar-refractivity contribution is 5.21. The van der Waals surface area contributed by atoms with E-state index >= 15 is 0 Å². The predicted molar refractivity (Wildman–Crippen MR) is 51.9 cm³/mol. The summed E-state index contributed by atoms with van der Waals surface area (Å²) in [6.45, 7) is 3.86. The monoisotopic (exact) mass is 161 g/mol. The van der Waals surface area contributed by atoms with Gasteiger partial charge in [0.2, 0.25) is 0 Å². The molecule has 64 valence electrons. The van der Waals surface area contributed by atoms with Crippen molar-refractivity contribution in [1.82, 2.24) is 4.90 Å². The van der Waals surface area contributed by atoms with Crippen molar-refractivity contribution in [1.29, 1.82) is 0 Å². The number of fused-ring (bicyclic) bond motifs is 1. The van der Waals surface area contributed by atoms with Crippen LogP contribution >= 0.6 is 0 Å². The van der Waals surface area contributed by atoms with Crippen LogP contribution in [0.2, 0.25) is 0 Å². The Hall–Kier alpha value is -0.820. The van der Waals surface area contributed by atoms with E-state index in [1.165, 1.54) is 6.42 Å². The molecule has 0 bridgehead atoms. The van der Waals surface area contributed by atoms with Crippen molar-refractivity contribution in [3.05, 3.63) is 37.0 Å². The van der Waals surface area contributed by atoms with Gasteiger partial charge in [-0.25, -0.2) is 0 Å². The summed E-state index contributed by atoms with van der Waals surface area (Å²) in [5.41, 5.74) is 0. The molecule has 1 fully saturated rings. The normalized spacial score (nSPS) is 39.9. The van der Waals surface area contributed by atoms with E-state index < -0.39 is 0 Å². The zero-order valence-corrected chi connectivity index (χ0v) is 7.48. The number of allylic oxidation sites excluding steroid dienone is 2. The van der Waals surface area contributed by atoms with Crippen LogP contribution in [0.25, 0.3) is 0 Å². The van der Waals surface area contributed by atoms with E-state index in [-0.39, 0.29) is 0 Å². The second-order valence-electron chi connectivity index (χ2n) is 3.63. The van der Waals surface area contributed by atoms with Gasteiger partial charge in [-0.3, -0.25) is 4.90 Å². The molecule has 1 aliphatic carbocycles. The van der Waals surface area contributed by atoms with Crippen LogP contribution < -0.4 is 0 Å². The van der Waals surface area contributed by atoms with Crippen LogP contribution in [-0.2, 0) is 0 Å². The van der Waals surface area contributed by atoms with Crippen molar-refractivity contribution < 1.29 is 0 Å². The Morgan fingerprint density at radius 3 is 2.83 bits per heavy atom. The lowest BCUT2D eigenvalue weighted by Gasteiger charge is -2.23. The van der Waals surface area contributed by atoms with E-state index in [4.69, 9.17) is 0 Å². The number of nitrogens with zero attached hydrogens (tertiary/aromatic N) is 1. The number of likely N-dealkylation sites (tertiary alicyclic amines) is 1. The van der Waals surface area contributed by atoms with Crippen molar-refractivity contribution in [2.45, 2.75) is 18.5 Å². The molecule has 2 rings (SSSR count). The second kappa shape index (κ2) is 2.91. The third-order valence-electron chi connectivity index (χ3n) is 3.00. The zero-order valence-electron chi connectivity index (χ0n) is 7.48. The third-order valence-corrected chi connectivity index (χ3v) is 3.00. The molecule has 1 saturated heterocycles. The quantitative estimate of drug-likeness (QED) is 0.532. The number of hydrogen-bond donors (Lipinski definition) is 0. The van der Waals surface area contributed by atoms with Crippen molar-refractivity contribution in [3.63, 3.8) is 0 Å². The first-order chi connectivity index (χ1) is 5.83. The summed E-state index contributed by atoms with van der Waals surface area (Å²) in [7, 11) is 2.18. The van der Waals surface area contributed by atoms with Crippen molar-refractivity contribution in [3.8, 4) is 0 Å². The van der Waals surface area contributed by atoms with Gasteiger partial charge in [-0.1, -0.05) is 30.4 Å². The lowest BCUT2D eigenvalue weighted by atomic mass is 9.95. The van der Waals surface area contributed by atoms with Gasteiger partial charge < -0.3 is 0 Å². The van der Waals surface area contributed by atoms with Crippen LogP contribution in [0.3, 0.4) is 0 Å². The molecule has 0 saturated carbocycles. The van der Waals surface area contributed by atoms with Gasteiger partial charge in [0.05, 0.1) is 0 Å². The van der Waals surface area contributed by atoms with Crippen molar-refractivity contribution >= 4 is 0 Å². The maximum absolute atomic E-state index is 3.86. The van der Waals surface area contributed by atoms with Crippen molar-refractivity contribution in [2.24, 2.45) is 5.92 Å². The van der Waals surface area contributed by atoms with Gasteiger partial charge >= 0.3 is 0 Å².